The molecule has 2 nitrogen and oxygen atoms in total. The van der Waals surface area contributed by atoms with Crippen molar-refractivity contribution < 1.29 is 0 Å². The molecule has 1 N–H and O–H groups in total. The molecule has 1 aliphatic rings. The lowest BCUT2D eigenvalue weighted by molar-refractivity contribution is 0.175. The highest BCUT2D eigenvalue weighted by atomic mass is 15.0. The van der Waals surface area contributed by atoms with Crippen molar-refractivity contribution in [2.75, 3.05) is 0 Å². The fourth-order valence-electron chi connectivity index (χ4n) is 2.54. The maximum absolute atomic E-state index is 3.74. The van der Waals surface area contributed by atoms with Crippen molar-refractivity contribution >= 4 is 0 Å². The van der Waals surface area contributed by atoms with Crippen LogP contribution in [-0.2, 0) is 13.1 Å². The standard InChI is InChI=1S/C14H24N2/c1-3-9-16-10-6-13(12-16)11-15-14(4-2)7-5-8-14/h6,10,12,15H,3-5,7-9,11H2,1-2H3. The van der Waals surface area contributed by atoms with Gasteiger partial charge in [-0.1, -0.05) is 13.8 Å². The number of rotatable bonds is 6. The Morgan fingerprint density at radius 1 is 1.38 bits per heavy atom. The molecule has 1 fully saturated rings. The summed E-state index contributed by atoms with van der Waals surface area (Å²) in [4.78, 5) is 0. The van der Waals surface area contributed by atoms with Crippen molar-refractivity contribution in [1.82, 2.24) is 9.88 Å². The highest BCUT2D eigenvalue weighted by Gasteiger charge is 2.34. The van der Waals surface area contributed by atoms with Crippen LogP contribution in [0.4, 0.5) is 0 Å². The Morgan fingerprint density at radius 3 is 2.75 bits per heavy atom. The van der Waals surface area contributed by atoms with E-state index >= 15 is 0 Å². The van der Waals surface area contributed by atoms with E-state index in [4.69, 9.17) is 0 Å². The van der Waals surface area contributed by atoms with E-state index in [-0.39, 0.29) is 0 Å². The zero-order valence-corrected chi connectivity index (χ0v) is 10.6. The molecule has 0 amide bonds. The summed E-state index contributed by atoms with van der Waals surface area (Å²) >= 11 is 0. The van der Waals surface area contributed by atoms with Crippen molar-refractivity contribution in [2.24, 2.45) is 0 Å². The monoisotopic (exact) mass is 220 g/mol. The van der Waals surface area contributed by atoms with Crippen LogP contribution in [0.3, 0.4) is 0 Å². The van der Waals surface area contributed by atoms with Crippen molar-refractivity contribution in [3.63, 3.8) is 0 Å². The van der Waals surface area contributed by atoms with Crippen LogP contribution in [0.15, 0.2) is 18.5 Å². The second kappa shape index (κ2) is 5.05. The van der Waals surface area contributed by atoms with Gasteiger partial charge in [-0.05, 0) is 43.7 Å². The van der Waals surface area contributed by atoms with E-state index in [0.29, 0.717) is 5.54 Å². The van der Waals surface area contributed by atoms with E-state index in [2.05, 4.69) is 42.2 Å². The molecular formula is C14H24N2. The summed E-state index contributed by atoms with van der Waals surface area (Å²) in [6, 6.07) is 2.24. The Hall–Kier alpha value is -0.760. The SMILES string of the molecule is CCCn1ccc(CNC2(CC)CCC2)c1. The minimum absolute atomic E-state index is 0.465. The van der Waals surface area contributed by atoms with Gasteiger partial charge >= 0.3 is 0 Å². The van der Waals surface area contributed by atoms with Crippen LogP contribution in [0.1, 0.15) is 51.5 Å². The van der Waals surface area contributed by atoms with Gasteiger partial charge in [-0.25, -0.2) is 0 Å². The van der Waals surface area contributed by atoms with Gasteiger partial charge in [-0.2, -0.15) is 0 Å². The third kappa shape index (κ3) is 2.49. The predicted octanol–water partition coefficient (Wildman–Crippen LogP) is 3.32. The average Bonchev–Trinajstić information content (AvgIpc) is 2.66. The summed E-state index contributed by atoms with van der Waals surface area (Å²) < 4.78 is 2.29. The van der Waals surface area contributed by atoms with E-state index in [1.165, 1.54) is 37.7 Å². The molecule has 0 saturated heterocycles. The van der Waals surface area contributed by atoms with Crippen LogP contribution >= 0.6 is 0 Å². The van der Waals surface area contributed by atoms with Crippen molar-refractivity contribution in [3.05, 3.63) is 24.0 Å². The summed E-state index contributed by atoms with van der Waals surface area (Å²) in [6.07, 6.45) is 11.1. The molecule has 16 heavy (non-hydrogen) atoms. The summed E-state index contributed by atoms with van der Waals surface area (Å²) in [5.41, 5.74) is 1.89. The molecule has 0 aliphatic heterocycles. The highest BCUT2D eigenvalue weighted by Crippen LogP contribution is 2.34. The largest absolute Gasteiger partial charge is 0.354 e. The molecule has 0 unspecified atom stereocenters. The minimum atomic E-state index is 0.465. The number of aryl methyl sites for hydroxylation is 1. The van der Waals surface area contributed by atoms with Gasteiger partial charge < -0.3 is 9.88 Å². The molecule has 1 heterocycles. The van der Waals surface area contributed by atoms with E-state index in [1.807, 2.05) is 0 Å². The molecule has 0 aromatic carbocycles. The van der Waals surface area contributed by atoms with Crippen LogP contribution < -0.4 is 5.32 Å². The van der Waals surface area contributed by atoms with Crippen LogP contribution in [0.2, 0.25) is 0 Å². The van der Waals surface area contributed by atoms with Gasteiger partial charge in [-0.15, -0.1) is 0 Å². The zero-order valence-electron chi connectivity index (χ0n) is 10.6. The zero-order chi connectivity index (χ0) is 11.4. The average molecular weight is 220 g/mol. The molecule has 0 radical (unpaired) electrons. The fourth-order valence-corrected chi connectivity index (χ4v) is 2.54. The lowest BCUT2D eigenvalue weighted by Crippen LogP contribution is -2.49. The van der Waals surface area contributed by atoms with Gasteiger partial charge in [0.25, 0.3) is 0 Å². The Morgan fingerprint density at radius 2 is 2.19 bits per heavy atom. The number of aromatic nitrogens is 1. The molecule has 1 aromatic rings. The van der Waals surface area contributed by atoms with Gasteiger partial charge in [0.15, 0.2) is 0 Å². The second-order valence-corrected chi connectivity index (χ2v) is 5.10. The molecule has 2 rings (SSSR count). The van der Waals surface area contributed by atoms with Gasteiger partial charge in [0.2, 0.25) is 0 Å². The number of nitrogens with zero attached hydrogens (tertiary/aromatic N) is 1. The molecule has 0 atom stereocenters. The van der Waals surface area contributed by atoms with Crippen molar-refractivity contribution in [1.29, 1.82) is 0 Å². The Balaban J connectivity index is 1.84. The first-order valence-electron chi connectivity index (χ1n) is 6.68. The Kier molecular flexibility index (Phi) is 3.70. The minimum Gasteiger partial charge on any atom is -0.354 e. The normalized spacial score (nSPS) is 18.4. The molecule has 90 valence electrons. The van der Waals surface area contributed by atoms with Crippen LogP contribution in [-0.4, -0.2) is 10.1 Å². The maximum Gasteiger partial charge on any atom is 0.0225 e. The fraction of sp³-hybridized carbons (Fsp3) is 0.714. The summed E-state index contributed by atoms with van der Waals surface area (Å²) in [5, 5.41) is 3.74. The summed E-state index contributed by atoms with van der Waals surface area (Å²) in [7, 11) is 0. The number of hydrogen-bond donors (Lipinski definition) is 1. The summed E-state index contributed by atoms with van der Waals surface area (Å²) in [6.45, 7) is 6.69. The molecule has 0 bridgehead atoms. The van der Waals surface area contributed by atoms with Gasteiger partial charge in [0.1, 0.15) is 0 Å². The van der Waals surface area contributed by atoms with Crippen LogP contribution in [0.25, 0.3) is 0 Å². The smallest absolute Gasteiger partial charge is 0.0225 e. The van der Waals surface area contributed by atoms with Gasteiger partial charge in [-0.3, -0.25) is 0 Å². The predicted molar refractivity (Wildman–Crippen MR) is 68.4 cm³/mol. The second-order valence-electron chi connectivity index (χ2n) is 5.10. The topological polar surface area (TPSA) is 17.0 Å². The number of nitrogens with one attached hydrogen (secondary N) is 1. The van der Waals surface area contributed by atoms with Crippen molar-refractivity contribution in [3.8, 4) is 0 Å². The molecular weight excluding hydrogens is 196 g/mol. The lowest BCUT2D eigenvalue weighted by Gasteiger charge is -2.42. The lowest BCUT2D eigenvalue weighted by atomic mass is 9.75. The van der Waals surface area contributed by atoms with Crippen LogP contribution in [0.5, 0.6) is 0 Å². The number of hydrogen-bond acceptors (Lipinski definition) is 1. The highest BCUT2D eigenvalue weighted by molar-refractivity contribution is 5.11. The first-order chi connectivity index (χ1) is 7.78. The van der Waals surface area contributed by atoms with Crippen molar-refractivity contribution in [2.45, 2.75) is 64.6 Å². The van der Waals surface area contributed by atoms with E-state index in [1.54, 1.807) is 0 Å². The molecule has 2 heteroatoms. The van der Waals surface area contributed by atoms with E-state index < -0.39 is 0 Å². The summed E-state index contributed by atoms with van der Waals surface area (Å²) in [5.74, 6) is 0. The van der Waals surface area contributed by atoms with Gasteiger partial charge in [0.05, 0.1) is 0 Å². The van der Waals surface area contributed by atoms with E-state index in [0.717, 1.165) is 13.1 Å². The Labute approximate surface area is 99.0 Å². The molecule has 0 spiro atoms. The molecule has 1 saturated carbocycles. The van der Waals surface area contributed by atoms with Crippen LogP contribution in [0, 0.1) is 0 Å². The molecule has 1 aromatic heterocycles. The Bertz CT molecular complexity index is 318. The van der Waals surface area contributed by atoms with Gasteiger partial charge in [0, 0.05) is 31.0 Å². The first kappa shape index (κ1) is 11.7. The maximum atomic E-state index is 3.74. The molecule has 1 aliphatic carbocycles. The third-order valence-electron chi connectivity index (χ3n) is 3.95. The third-order valence-corrected chi connectivity index (χ3v) is 3.95. The first-order valence-corrected chi connectivity index (χ1v) is 6.68. The quantitative estimate of drug-likeness (QED) is 0.778. The van der Waals surface area contributed by atoms with E-state index in [9.17, 15) is 0 Å².